The summed E-state index contributed by atoms with van der Waals surface area (Å²) in [5.41, 5.74) is 4.59. The van der Waals surface area contributed by atoms with Gasteiger partial charge < -0.3 is 10.1 Å². The van der Waals surface area contributed by atoms with Crippen molar-refractivity contribution in [3.05, 3.63) is 34.9 Å². The van der Waals surface area contributed by atoms with Crippen LogP contribution in [0, 0.1) is 20.8 Å². The zero-order valence-electron chi connectivity index (χ0n) is 14.5. The minimum absolute atomic E-state index is 0.0396. The average molecular weight is 344 g/mol. The smallest absolute Gasteiger partial charge is 0.230 e. The Morgan fingerprint density at radius 2 is 2.17 bits per heavy atom. The van der Waals surface area contributed by atoms with Gasteiger partial charge in [0.25, 0.3) is 0 Å². The van der Waals surface area contributed by atoms with Crippen molar-refractivity contribution in [2.24, 2.45) is 0 Å². The van der Waals surface area contributed by atoms with Gasteiger partial charge in [0.15, 0.2) is 0 Å². The fourth-order valence-electron chi connectivity index (χ4n) is 2.94. The molecular formula is C19H24N2O2S. The molecule has 0 saturated carbocycles. The number of rotatable bonds is 5. The first-order valence-corrected chi connectivity index (χ1v) is 9.42. The predicted octanol–water partition coefficient (Wildman–Crippen LogP) is 3.55. The Kier molecular flexibility index (Phi) is 5.41. The molecule has 128 valence electrons. The van der Waals surface area contributed by atoms with Crippen LogP contribution in [0.5, 0.6) is 0 Å². The third-order valence-corrected chi connectivity index (χ3v) is 5.64. The molecule has 1 aliphatic rings. The van der Waals surface area contributed by atoms with Crippen LogP contribution in [0.15, 0.2) is 23.2 Å². The Hall–Kier alpha value is -1.59. The van der Waals surface area contributed by atoms with E-state index in [0.29, 0.717) is 12.3 Å². The molecule has 24 heavy (non-hydrogen) atoms. The van der Waals surface area contributed by atoms with Gasteiger partial charge in [-0.25, -0.2) is 4.98 Å². The summed E-state index contributed by atoms with van der Waals surface area (Å²) in [6, 6.07) is 6.39. The fraction of sp³-hybridized carbons (Fsp3) is 0.474. The van der Waals surface area contributed by atoms with Crippen molar-refractivity contribution < 1.29 is 9.53 Å². The topological polar surface area (TPSA) is 51.2 Å². The van der Waals surface area contributed by atoms with Gasteiger partial charge in [0.2, 0.25) is 5.91 Å². The SMILES string of the molecule is Cc1cc2ccc(C)c(C)c2nc1SCC(=O)NCC1CCCO1. The number of aryl methyl sites for hydroxylation is 3. The summed E-state index contributed by atoms with van der Waals surface area (Å²) in [5.74, 6) is 0.425. The Balaban J connectivity index is 1.64. The molecular weight excluding hydrogens is 320 g/mol. The maximum Gasteiger partial charge on any atom is 0.230 e. The molecule has 1 amide bonds. The fourth-order valence-corrected chi connectivity index (χ4v) is 3.75. The number of benzene rings is 1. The Bertz CT molecular complexity index is 755. The number of ether oxygens (including phenoxy) is 1. The van der Waals surface area contributed by atoms with Crippen LogP contribution in [0.25, 0.3) is 10.9 Å². The monoisotopic (exact) mass is 344 g/mol. The van der Waals surface area contributed by atoms with Crippen molar-refractivity contribution in [3.8, 4) is 0 Å². The molecule has 1 atom stereocenters. The van der Waals surface area contributed by atoms with Crippen molar-refractivity contribution in [1.29, 1.82) is 0 Å². The highest BCUT2D eigenvalue weighted by Gasteiger charge is 2.16. The van der Waals surface area contributed by atoms with Crippen molar-refractivity contribution >= 4 is 28.6 Å². The first-order chi connectivity index (χ1) is 11.5. The number of carbonyl (C=O) groups excluding carboxylic acids is 1. The Morgan fingerprint density at radius 1 is 1.33 bits per heavy atom. The number of nitrogens with one attached hydrogen (secondary N) is 1. The molecule has 0 spiro atoms. The second-order valence-electron chi connectivity index (χ2n) is 6.42. The van der Waals surface area contributed by atoms with Crippen LogP contribution < -0.4 is 5.32 Å². The van der Waals surface area contributed by atoms with E-state index in [-0.39, 0.29) is 12.0 Å². The molecule has 1 aromatic heterocycles. The summed E-state index contributed by atoms with van der Waals surface area (Å²) in [5, 5.41) is 5.05. The number of amides is 1. The number of nitrogens with zero attached hydrogens (tertiary/aromatic N) is 1. The van der Waals surface area contributed by atoms with Crippen LogP contribution in [0.1, 0.15) is 29.5 Å². The number of aromatic nitrogens is 1. The minimum Gasteiger partial charge on any atom is -0.376 e. The lowest BCUT2D eigenvalue weighted by Gasteiger charge is -2.12. The molecule has 1 aliphatic heterocycles. The molecule has 1 unspecified atom stereocenters. The van der Waals surface area contributed by atoms with Gasteiger partial charge in [-0.3, -0.25) is 4.79 Å². The molecule has 1 N–H and O–H groups in total. The first-order valence-electron chi connectivity index (χ1n) is 8.43. The normalized spacial score (nSPS) is 17.4. The number of hydrogen-bond acceptors (Lipinski definition) is 4. The number of thioether (sulfide) groups is 1. The van der Waals surface area contributed by atoms with E-state index in [2.05, 4.69) is 37.4 Å². The van der Waals surface area contributed by atoms with Gasteiger partial charge in [0.05, 0.1) is 17.4 Å². The van der Waals surface area contributed by atoms with Crippen LogP contribution in [-0.4, -0.2) is 35.9 Å². The van der Waals surface area contributed by atoms with E-state index in [4.69, 9.17) is 9.72 Å². The second kappa shape index (κ2) is 7.53. The highest BCUT2D eigenvalue weighted by molar-refractivity contribution is 7.99. The summed E-state index contributed by atoms with van der Waals surface area (Å²) in [6.45, 7) is 7.68. The van der Waals surface area contributed by atoms with Gasteiger partial charge in [-0.1, -0.05) is 23.9 Å². The largest absolute Gasteiger partial charge is 0.376 e. The Morgan fingerprint density at radius 3 is 2.92 bits per heavy atom. The molecule has 1 saturated heterocycles. The summed E-state index contributed by atoms with van der Waals surface area (Å²) in [6.07, 6.45) is 2.32. The lowest BCUT2D eigenvalue weighted by molar-refractivity contribution is -0.119. The molecule has 2 aromatic rings. The second-order valence-corrected chi connectivity index (χ2v) is 7.38. The number of carbonyl (C=O) groups is 1. The lowest BCUT2D eigenvalue weighted by atomic mass is 10.0. The molecule has 1 fully saturated rings. The Labute approximate surface area is 147 Å². The van der Waals surface area contributed by atoms with Crippen LogP contribution in [0.2, 0.25) is 0 Å². The van der Waals surface area contributed by atoms with E-state index in [9.17, 15) is 4.79 Å². The maximum atomic E-state index is 12.1. The van der Waals surface area contributed by atoms with E-state index in [0.717, 1.165) is 40.9 Å². The molecule has 0 aliphatic carbocycles. The van der Waals surface area contributed by atoms with Crippen molar-refractivity contribution in [3.63, 3.8) is 0 Å². The van der Waals surface area contributed by atoms with E-state index in [1.54, 1.807) is 0 Å². The molecule has 4 nitrogen and oxygen atoms in total. The molecule has 3 rings (SSSR count). The van der Waals surface area contributed by atoms with Gasteiger partial charge >= 0.3 is 0 Å². The first kappa shape index (κ1) is 17.2. The summed E-state index contributed by atoms with van der Waals surface area (Å²) >= 11 is 1.50. The van der Waals surface area contributed by atoms with Gasteiger partial charge in [0.1, 0.15) is 5.03 Å². The minimum atomic E-state index is 0.0396. The third kappa shape index (κ3) is 3.90. The van der Waals surface area contributed by atoms with Crippen molar-refractivity contribution in [2.45, 2.75) is 44.7 Å². The molecule has 1 aromatic carbocycles. The summed E-state index contributed by atoms with van der Waals surface area (Å²) < 4.78 is 5.52. The van der Waals surface area contributed by atoms with Crippen LogP contribution in [0.3, 0.4) is 0 Å². The van der Waals surface area contributed by atoms with Gasteiger partial charge in [0, 0.05) is 18.5 Å². The molecule has 0 bridgehead atoms. The number of hydrogen-bond donors (Lipinski definition) is 1. The zero-order valence-corrected chi connectivity index (χ0v) is 15.3. The maximum absolute atomic E-state index is 12.1. The summed E-state index contributed by atoms with van der Waals surface area (Å²) in [7, 11) is 0. The van der Waals surface area contributed by atoms with Crippen molar-refractivity contribution in [2.75, 3.05) is 18.9 Å². The third-order valence-electron chi connectivity index (χ3n) is 4.55. The highest BCUT2D eigenvalue weighted by Crippen LogP contribution is 2.27. The van der Waals surface area contributed by atoms with E-state index in [1.165, 1.54) is 22.9 Å². The predicted molar refractivity (Wildman–Crippen MR) is 98.7 cm³/mol. The average Bonchev–Trinajstić information content (AvgIpc) is 3.08. The van der Waals surface area contributed by atoms with Gasteiger partial charge in [-0.2, -0.15) is 0 Å². The lowest BCUT2D eigenvalue weighted by Crippen LogP contribution is -2.32. The van der Waals surface area contributed by atoms with E-state index < -0.39 is 0 Å². The standard InChI is InChI=1S/C19H24N2O2S/c1-12-6-7-15-9-13(2)19(21-18(15)14(12)3)24-11-17(22)20-10-16-5-4-8-23-16/h6-7,9,16H,4-5,8,10-11H2,1-3H3,(H,20,22). The zero-order chi connectivity index (χ0) is 17.1. The van der Waals surface area contributed by atoms with Crippen LogP contribution in [0.4, 0.5) is 0 Å². The van der Waals surface area contributed by atoms with Gasteiger partial charge in [-0.05, 0) is 56.4 Å². The van der Waals surface area contributed by atoms with Gasteiger partial charge in [-0.15, -0.1) is 0 Å². The van der Waals surface area contributed by atoms with E-state index >= 15 is 0 Å². The van der Waals surface area contributed by atoms with E-state index in [1.807, 2.05) is 6.92 Å². The molecule has 0 radical (unpaired) electrons. The number of fused-ring (bicyclic) bond motifs is 1. The summed E-state index contributed by atoms with van der Waals surface area (Å²) in [4.78, 5) is 16.9. The molecule has 2 heterocycles. The quantitative estimate of drug-likeness (QED) is 0.843. The van der Waals surface area contributed by atoms with Crippen LogP contribution >= 0.6 is 11.8 Å². The highest BCUT2D eigenvalue weighted by atomic mass is 32.2. The van der Waals surface area contributed by atoms with Crippen LogP contribution in [-0.2, 0) is 9.53 Å². The number of pyridine rings is 1. The van der Waals surface area contributed by atoms with Crippen molar-refractivity contribution in [1.82, 2.24) is 10.3 Å². The molecule has 5 heteroatoms.